The zero-order chi connectivity index (χ0) is 30.4. The Kier molecular flexibility index (Phi) is 31.9. The van der Waals surface area contributed by atoms with E-state index in [4.69, 9.17) is 22.9 Å². The van der Waals surface area contributed by atoms with E-state index < -0.39 is 0 Å². The van der Waals surface area contributed by atoms with Crippen molar-refractivity contribution in [3.05, 3.63) is 34.9 Å². The fourth-order valence-corrected chi connectivity index (χ4v) is 5.13. The van der Waals surface area contributed by atoms with Gasteiger partial charge in [-0.3, -0.25) is 4.90 Å². The monoisotopic (exact) mass is 628 g/mol. The van der Waals surface area contributed by atoms with Crippen molar-refractivity contribution in [2.45, 2.75) is 96.7 Å². The second-order valence-electron chi connectivity index (χ2n) is 11.7. The summed E-state index contributed by atoms with van der Waals surface area (Å²) < 4.78 is 0. The van der Waals surface area contributed by atoms with Gasteiger partial charge in [-0.1, -0.05) is 18.2 Å². The number of nitrogens with zero attached hydrogens (tertiary/aromatic N) is 1. The number of hydrogen-bond donors (Lipinski definition) is 8. The van der Waals surface area contributed by atoms with Gasteiger partial charge < -0.3 is 44.2 Å². The summed E-state index contributed by atoms with van der Waals surface area (Å²) in [4.78, 5) is 2.59. The maximum Gasteiger partial charge on any atom is 0.0233 e. The second kappa shape index (κ2) is 32.5. The predicted molar refractivity (Wildman–Crippen MR) is 190 cm³/mol. The molecule has 1 aromatic carbocycles. The zero-order valence-electron chi connectivity index (χ0n) is 27.5. The molecule has 0 saturated heterocycles. The van der Waals surface area contributed by atoms with Gasteiger partial charge in [-0.15, -0.1) is 12.4 Å². The summed E-state index contributed by atoms with van der Waals surface area (Å²) in [6.07, 6.45) is 13.8. The SMILES string of the molecule is Cl.NCCCCNCCCCNCc1cc(CNCCCCNCCCCN)cc(CN(CCCCN)CCCCN)c1. The number of nitrogens with one attached hydrogen (secondary N) is 4. The van der Waals surface area contributed by atoms with Gasteiger partial charge in [0.15, 0.2) is 0 Å². The predicted octanol–water partition coefficient (Wildman–Crippen LogP) is 2.78. The van der Waals surface area contributed by atoms with Gasteiger partial charge in [-0.25, -0.2) is 0 Å². The van der Waals surface area contributed by atoms with Gasteiger partial charge in [0.25, 0.3) is 0 Å². The van der Waals surface area contributed by atoms with Crippen LogP contribution < -0.4 is 44.2 Å². The molecule has 1 rings (SSSR count). The molecule has 0 atom stereocenters. The Bertz CT molecular complexity index is 659. The number of halogens is 1. The Balaban J connectivity index is 0.0000176. The molecule has 10 heteroatoms. The number of benzene rings is 1. The fraction of sp³-hybridized carbons (Fsp3) is 0.818. The largest absolute Gasteiger partial charge is 0.330 e. The molecule has 0 saturated carbocycles. The highest BCUT2D eigenvalue weighted by molar-refractivity contribution is 5.85. The minimum atomic E-state index is 0. The smallest absolute Gasteiger partial charge is 0.0233 e. The molecule has 254 valence electrons. The molecule has 0 heterocycles. The minimum Gasteiger partial charge on any atom is -0.330 e. The maximum absolute atomic E-state index is 5.78. The van der Waals surface area contributed by atoms with E-state index in [1.807, 2.05) is 0 Å². The lowest BCUT2D eigenvalue weighted by Crippen LogP contribution is -2.27. The molecular weight excluding hydrogens is 558 g/mol. The molecule has 0 radical (unpaired) electrons. The lowest BCUT2D eigenvalue weighted by molar-refractivity contribution is 0.255. The third-order valence-electron chi connectivity index (χ3n) is 7.56. The summed E-state index contributed by atoms with van der Waals surface area (Å²) >= 11 is 0. The first-order valence-electron chi connectivity index (χ1n) is 17.2. The van der Waals surface area contributed by atoms with Crippen LogP contribution in [0.5, 0.6) is 0 Å². The van der Waals surface area contributed by atoms with Gasteiger partial charge in [0.05, 0.1) is 0 Å². The highest BCUT2D eigenvalue weighted by Crippen LogP contribution is 2.15. The Labute approximate surface area is 271 Å². The van der Waals surface area contributed by atoms with Crippen molar-refractivity contribution >= 4 is 12.4 Å². The average molecular weight is 628 g/mol. The van der Waals surface area contributed by atoms with Crippen LogP contribution in [0.3, 0.4) is 0 Å². The van der Waals surface area contributed by atoms with Gasteiger partial charge in [-0.05, 0) is 172 Å². The number of unbranched alkanes of at least 4 members (excludes halogenated alkanes) is 6. The minimum absolute atomic E-state index is 0. The molecule has 0 aromatic heterocycles. The van der Waals surface area contributed by atoms with E-state index in [1.165, 1.54) is 55.2 Å². The summed E-state index contributed by atoms with van der Waals surface area (Å²) in [7, 11) is 0. The van der Waals surface area contributed by atoms with Crippen LogP contribution in [0.2, 0.25) is 0 Å². The van der Waals surface area contributed by atoms with Crippen molar-refractivity contribution in [1.82, 2.24) is 26.2 Å². The molecule has 12 N–H and O–H groups in total. The first kappa shape index (κ1) is 42.1. The van der Waals surface area contributed by atoms with Crippen LogP contribution in [0.4, 0.5) is 0 Å². The summed E-state index contributed by atoms with van der Waals surface area (Å²) in [5.74, 6) is 0. The Morgan fingerprint density at radius 1 is 0.419 bits per heavy atom. The number of nitrogens with two attached hydrogens (primary N) is 4. The van der Waals surface area contributed by atoms with Crippen LogP contribution in [-0.2, 0) is 19.6 Å². The number of hydrogen-bond acceptors (Lipinski definition) is 9. The van der Waals surface area contributed by atoms with Crippen molar-refractivity contribution in [3.63, 3.8) is 0 Å². The van der Waals surface area contributed by atoms with Crippen LogP contribution in [0, 0.1) is 0 Å². The first-order chi connectivity index (χ1) is 20.7. The van der Waals surface area contributed by atoms with Gasteiger partial charge >= 0.3 is 0 Å². The second-order valence-corrected chi connectivity index (χ2v) is 11.7. The highest BCUT2D eigenvalue weighted by Gasteiger charge is 2.09. The van der Waals surface area contributed by atoms with E-state index in [0.717, 1.165) is 137 Å². The molecule has 0 aliphatic heterocycles. The van der Waals surface area contributed by atoms with Crippen LogP contribution in [-0.4, -0.2) is 83.4 Å². The normalized spacial score (nSPS) is 11.4. The average Bonchev–Trinajstić information content (AvgIpc) is 2.99. The van der Waals surface area contributed by atoms with Crippen LogP contribution in [0.15, 0.2) is 18.2 Å². The van der Waals surface area contributed by atoms with Crippen LogP contribution in [0.1, 0.15) is 93.7 Å². The molecule has 43 heavy (non-hydrogen) atoms. The van der Waals surface area contributed by atoms with E-state index in [9.17, 15) is 0 Å². The summed E-state index contributed by atoms with van der Waals surface area (Å²) in [5, 5.41) is 14.4. The molecule has 0 bridgehead atoms. The van der Waals surface area contributed by atoms with Gasteiger partial charge in [0.1, 0.15) is 0 Å². The quantitative estimate of drug-likeness (QED) is 0.0563. The van der Waals surface area contributed by atoms with E-state index >= 15 is 0 Å². The molecule has 0 spiro atoms. The molecule has 0 unspecified atom stereocenters. The first-order valence-corrected chi connectivity index (χ1v) is 17.2. The van der Waals surface area contributed by atoms with Crippen molar-refractivity contribution in [2.75, 3.05) is 78.5 Å². The van der Waals surface area contributed by atoms with Crippen LogP contribution in [0.25, 0.3) is 0 Å². The molecule has 0 amide bonds. The lowest BCUT2D eigenvalue weighted by atomic mass is 10.0. The molecule has 9 nitrogen and oxygen atoms in total. The van der Waals surface area contributed by atoms with Gasteiger partial charge in [0.2, 0.25) is 0 Å². The fourth-order valence-electron chi connectivity index (χ4n) is 5.13. The van der Waals surface area contributed by atoms with E-state index in [2.05, 4.69) is 44.4 Å². The number of rotatable bonds is 32. The zero-order valence-corrected chi connectivity index (χ0v) is 28.3. The third-order valence-corrected chi connectivity index (χ3v) is 7.56. The van der Waals surface area contributed by atoms with Crippen molar-refractivity contribution < 1.29 is 0 Å². The highest BCUT2D eigenvalue weighted by atomic mass is 35.5. The summed E-state index contributed by atoms with van der Waals surface area (Å²) in [6.45, 7) is 14.6. The Morgan fingerprint density at radius 2 is 0.744 bits per heavy atom. The topological polar surface area (TPSA) is 155 Å². The van der Waals surface area contributed by atoms with Gasteiger partial charge in [0, 0.05) is 19.6 Å². The van der Waals surface area contributed by atoms with E-state index in [1.54, 1.807) is 0 Å². The van der Waals surface area contributed by atoms with Crippen LogP contribution >= 0.6 is 12.4 Å². The van der Waals surface area contributed by atoms with E-state index in [-0.39, 0.29) is 12.4 Å². The van der Waals surface area contributed by atoms with Crippen molar-refractivity contribution in [1.29, 1.82) is 0 Å². The Morgan fingerprint density at radius 3 is 1.14 bits per heavy atom. The van der Waals surface area contributed by atoms with E-state index in [0.29, 0.717) is 0 Å². The summed E-state index contributed by atoms with van der Waals surface area (Å²) in [6, 6.07) is 7.20. The van der Waals surface area contributed by atoms with Crippen molar-refractivity contribution in [3.8, 4) is 0 Å². The standard InChI is InChI=1S/C33H69N9.ClH/c34-13-1-5-17-38-19-7-9-21-40-28-31-25-32(29-41-22-10-8-20-39-18-6-2-14-35)27-33(26-31)30-42(23-11-3-15-36)24-12-4-16-37;/h25-27,38-41H,1-24,28-30,34-37H2;1H. The van der Waals surface area contributed by atoms with Gasteiger partial charge in [-0.2, -0.15) is 0 Å². The Hall–Kier alpha value is -0.850. The third kappa shape index (κ3) is 26.1. The molecular formula is C33H70ClN9. The molecule has 1 aromatic rings. The maximum atomic E-state index is 5.78. The molecule has 0 fully saturated rings. The molecule has 0 aliphatic carbocycles. The van der Waals surface area contributed by atoms with Crippen molar-refractivity contribution in [2.24, 2.45) is 22.9 Å². The lowest BCUT2D eigenvalue weighted by Gasteiger charge is -2.23. The molecule has 0 aliphatic rings. The summed E-state index contributed by atoms with van der Waals surface area (Å²) in [5.41, 5.74) is 26.9.